The molecule has 190 valence electrons. The van der Waals surface area contributed by atoms with Gasteiger partial charge in [0.1, 0.15) is 0 Å². The molecule has 0 aliphatic rings. The Morgan fingerprint density at radius 3 is 1.60 bits per heavy atom. The van der Waals surface area contributed by atoms with E-state index in [1.165, 1.54) is 0 Å². The van der Waals surface area contributed by atoms with Crippen LogP contribution in [-0.4, -0.2) is 9.78 Å². The number of anilines is 3. The van der Waals surface area contributed by atoms with E-state index >= 15 is 0 Å². The van der Waals surface area contributed by atoms with Crippen LogP contribution in [0.4, 0.5) is 17.1 Å². The van der Waals surface area contributed by atoms with Crippen LogP contribution in [0.15, 0.2) is 164 Å². The summed E-state index contributed by atoms with van der Waals surface area (Å²) in [6.45, 7) is 0. The number of hydrogen-bond donors (Lipinski definition) is 0. The van der Waals surface area contributed by atoms with Gasteiger partial charge in [-0.05, 0) is 42.5 Å². The van der Waals surface area contributed by atoms with Crippen molar-refractivity contribution in [1.29, 1.82) is 0 Å². The zero-order valence-electron chi connectivity index (χ0n) is 21.9. The smallest absolute Gasteiger partial charge is 0.0934 e. The van der Waals surface area contributed by atoms with Gasteiger partial charge >= 0.3 is 0 Å². The molecule has 0 amide bonds. The molecule has 1 heterocycles. The Bertz CT molecular complexity index is 1840. The quantitative estimate of drug-likeness (QED) is 0.221. The Morgan fingerprint density at radius 1 is 0.450 bits per heavy atom. The van der Waals surface area contributed by atoms with Crippen LogP contribution < -0.4 is 4.90 Å². The topological polar surface area (TPSA) is 21.1 Å². The summed E-state index contributed by atoms with van der Waals surface area (Å²) in [5, 5.41) is 7.46. The maximum atomic E-state index is 5.17. The SMILES string of the molecule is c1ccc(-c2cc(-c3ccccc3)n(-c3cccc4c(N(c5ccccc5)c5ccccc5)cccc34)n2)cc1. The van der Waals surface area contributed by atoms with Gasteiger partial charge < -0.3 is 4.90 Å². The van der Waals surface area contributed by atoms with Crippen molar-refractivity contribution >= 4 is 27.8 Å². The molecule has 6 aromatic carbocycles. The molecule has 3 heteroatoms. The zero-order chi connectivity index (χ0) is 26.7. The Morgan fingerprint density at radius 2 is 0.975 bits per heavy atom. The lowest BCUT2D eigenvalue weighted by molar-refractivity contribution is 0.899. The lowest BCUT2D eigenvalue weighted by atomic mass is 10.0. The molecule has 0 unspecified atom stereocenters. The highest BCUT2D eigenvalue weighted by molar-refractivity contribution is 6.02. The van der Waals surface area contributed by atoms with E-state index in [4.69, 9.17) is 5.10 Å². The first-order valence-electron chi connectivity index (χ1n) is 13.5. The van der Waals surface area contributed by atoms with Crippen LogP contribution in [0.3, 0.4) is 0 Å². The van der Waals surface area contributed by atoms with Crippen LogP contribution in [0.5, 0.6) is 0 Å². The molecule has 0 radical (unpaired) electrons. The van der Waals surface area contributed by atoms with Crippen LogP contribution in [0, 0.1) is 0 Å². The number of nitrogens with zero attached hydrogens (tertiary/aromatic N) is 3. The summed E-state index contributed by atoms with van der Waals surface area (Å²) in [4.78, 5) is 2.32. The summed E-state index contributed by atoms with van der Waals surface area (Å²) in [6.07, 6.45) is 0. The molecule has 7 rings (SSSR count). The van der Waals surface area contributed by atoms with Gasteiger partial charge in [0, 0.05) is 33.3 Å². The van der Waals surface area contributed by atoms with Gasteiger partial charge in [-0.1, -0.05) is 121 Å². The number of fused-ring (bicyclic) bond motifs is 1. The van der Waals surface area contributed by atoms with Crippen molar-refractivity contribution in [3.63, 3.8) is 0 Å². The van der Waals surface area contributed by atoms with Crippen molar-refractivity contribution in [3.05, 3.63) is 164 Å². The van der Waals surface area contributed by atoms with Gasteiger partial charge in [0.15, 0.2) is 0 Å². The second-order valence-corrected chi connectivity index (χ2v) is 9.71. The molecular weight excluding hydrogens is 486 g/mol. The highest BCUT2D eigenvalue weighted by atomic mass is 15.3. The van der Waals surface area contributed by atoms with Gasteiger partial charge in [0.25, 0.3) is 0 Å². The summed E-state index contributed by atoms with van der Waals surface area (Å²) in [7, 11) is 0. The minimum Gasteiger partial charge on any atom is -0.310 e. The Hall–Kier alpha value is -5.41. The van der Waals surface area contributed by atoms with E-state index in [-0.39, 0.29) is 0 Å². The number of rotatable bonds is 6. The first kappa shape index (κ1) is 23.7. The summed E-state index contributed by atoms with van der Waals surface area (Å²) in [5.74, 6) is 0. The maximum absolute atomic E-state index is 5.17. The molecule has 0 saturated heterocycles. The van der Waals surface area contributed by atoms with Crippen LogP contribution in [0.2, 0.25) is 0 Å². The first-order valence-corrected chi connectivity index (χ1v) is 13.5. The van der Waals surface area contributed by atoms with E-state index in [9.17, 15) is 0 Å². The van der Waals surface area contributed by atoms with Gasteiger partial charge in [-0.3, -0.25) is 0 Å². The number of para-hydroxylation sites is 2. The molecule has 0 aliphatic carbocycles. The van der Waals surface area contributed by atoms with Crippen LogP contribution in [0.1, 0.15) is 0 Å². The minimum atomic E-state index is 0.947. The molecule has 0 fully saturated rings. The highest BCUT2D eigenvalue weighted by Crippen LogP contribution is 2.40. The van der Waals surface area contributed by atoms with E-state index in [0.717, 1.165) is 56.0 Å². The molecule has 0 saturated carbocycles. The monoisotopic (exact) mass is 513 g/mol. The zero-order valence-corrected chi connectivity index (χ0v) is 21.9. The van der Waals surface area contributed by atoms with Gasteiger partial charge in [0.05, 0.1) is 22.8 Å². The summed E-state index contributed by atoms with van der Waals surface area (Å²) >= 11 is 0. The molecule has 7 aromatic rings. The third-order valence-corrected chi connectivity index (χ3v) is 7.22. The van der Waals surface area contributed by atoms with Crippen molar-refractivity contribution in [2.24, 2.45) is 0 Å². The third kappa shape index (κ3) is 4.34. The molecule has 3 nitrogen and oxygen atoms in total. The molecule has 0 aliphatic heterocycles. The predicted molar refractivity (Wildman–Crippen MR) is 167 cm³/mol. The largest absolute Gasteiger partial charge is 0.310 e. The predicted octanol–water partition coefficient (Wildman–Crippen LogP) is 9.83. The molecular formula is C37H27N3. The van der Waals surface area contributed by atoms with Crippen LogP contribution in [-0.2, 0) is 0 Å². The van der Waals surface area contributed by atoms with Crippen LogP contribution >= 0.6 is 0 Å². The Balaban J connectivity index is 1.46. The van der Waals surface area contributed by atoms with E-state index in [0.29, 0.717) is 0 Å². The fourth-order valence-corrected chi connectivity index (χ4v) is 5.37. The fraction of sp³-hybridized carbons (Fsp3) is 0. The van der Waals surface area contributed by atoms with Gasteiger partial charge in [0.2, 0.25) is 0 Å². The summed E-state index contributed by atoms with van der Waals surface area (Å²) in [6, 6.07) is 57.2. The summed E-state index contributed by atoms with van der Waals surface area (Å²) in [5.41, 5.74) is 8.61. The van der Waals surface area contributed by atoms with Crippen molar-refractivity contribution in [1.82, 2.24) is 9.78 Å². The van der Waals surface area contributed by atoms with Crippen molar-refractivity contribution in [2.75, 3.05) is 4.90 Å². The summed E-state index contributed by atoms with van der Waals surface area (Å²) < 4.78 is 2.10. The maximum Gasteiger partial charge on any atom is 0.0934 e. The molecule has 40 heavy (non-hydrogen) atoms. The van der Waals surface area contributed by atoms with Crippen molar-refractivity contribution in [2.45, 2.75) is 0 Å². The van der Waals surface area contributed by atoms with Crippen LogP contribution in [0.25, 0.3) is 39.0 Å². The number of hydrogen-bond acceptors (Lipinski definition) is 2. The fourth-order valence-electron chi connectivity index (χ4n) is 5.37. The highest BCUT2D eigenvalue weighted by Gasteiger charge is 2.19. The van der Waals surface area contributed by atoms with Gasteiger partial charge in [-0.2, -0.15) is 5.10 Å². The molecule has 1 aromatic heterocycles. The average molecular weight is 514 g/mol. The normalized spacial score (nSPS) is 11.0. The molecule has 0 spiro atoms. The van der Waals surface area contributed by atoms with E-state index < -0.39 is 0 Å². The average Bonchev–Trinajstić information content (AvgIpc) is 3.48. The lowest BCUT2D eigenvalue weighted by Gasteiger charge is -2.27. The minimum absolute atomic E-state index is 0.947. The second kappa shape index (κ2) is 10.4. The lowest BCUT2D eigenvalue weighted by Crippen LogP contribution is -2.10. The molecule has 0 N–H and O–H groups in total. The third-order valence-electron chi connectivity index (χ3n) is 7.22. The van der Waals surface area contributed by atoms with E-state index in [2.05, 4.69) is 161 Å². The number of aromatic nitrogens is 2. The van der Waals surface area contributed by atoms with Gasteiger partial charge in [-0.15, -0.1) is 0 Å². The number of benzene rings is 6. The molecule has 0 atom stereocenters. The van der Waals surface area contributed by atoms with Crippen molar-refractivity contribution in [3.8, 4) is 28.2 Å². The van der Waals surface area contributed by atoms with E-state index in [1.54, 1.807) is 0 Å². The second-order valence-electron chi connectivity index (χ2n) is 9.71. The first-order chi connectivity index (χ1) is 19.9. The Kier molecular flexibility index (Phi) is 6.15. The molecule has 0 bridgehead atoms. The van der Waals surface area contributed by atoms with E-state index in [1.807, 2.05) is 12.1 Å². The van der Waals surface area contributed by atoms with Crippen molar-refractivity contribution < 1.29 is 0 Å². The Labute approximate surface area is 234 Å². The van der Waals surface area contributed by atoms with Gasteiger partial charge in [-0.25, -0.2) is 4.68 Å². The standard InChI is InChI=1S/C37H27N3/c1-5-15-28(16-6-1)34-27-37(29-17-7-2-8-18-29)40(38-34)36-26-14-23-32-33(36)24-13-25-35(32)39(30-19-9-3-10-20-30)31-21-11-4-12-22-31/h1-27H.